The summed E-state index contributed by atoms with van der Waals surface area (Å²) >= 11 is 0. The van der Waals surface area contributed by atoms with Crippen LogP contribution in [0.25, 0.3) is 0 Å². The third-order valence-corrected chi connectivity index (χ3v) is 7.74. The third-order valence-electron chi connectivity index (χ3n) is 7.74. The maximum atomic E-state index is 13.7. The second-order valence-corrected chi connectivity index (χ2v) is 9.73. The molecule has 3 aliphatic rings. The SMILES string of the molecule is Cc1ccc(C(=O)[C@H](C)N(C(=O)c2ccc([N+](=O)[O-])cc2)N2C(=O)[C@@H]3[C@H]4CC[C@@H](C4)[C@H]3C2=O)cc1. The minimum Gasteiger partial charge on any atom is -0.292 e. The number of non-ortho nitro benzene ring substituents is 1. The highest BCUT2D eigenvalue weighted by Gasteiger charge is 2.63. The van der Waals surface area contributed by atoms with Crippen LogP contribution in [0.2, 0.25) is 0 Å². The smallest absolute Gasteiger partial charge is 0.273 e. The molecular weight excluding hydrogens is 450 g/mol. The molecule has 0 spiro atoms. The van der Waals surface area contributed by atoms with E-state index in [0.29, 0.717) is 5.56 Å². The quantitative estimate of drug-likeness (QED) is 0.273. The summed E-state index contributed by atoms with van der Waals surface area (Å²) in [6.07, 6.45) is 2.61. The number of benzene rings is 2. The van der Waals surface area contributed by atoms with Crippen LogP contribution in [-0.4, -0.2) is 44.5 Å². The van der Waals surface area contributed by atoms with E-state index in [0.717, 1.165) is 34.8 Å². The first-order valence-electron chi connectivity index (χ1n) is 11.8. The van der Waals surface area contributed by atoms with E-state index in [2.05, 4.69) is 0 Å². The molecule has 1 aliphatic heterocycles. The number of hydrogen-bond acceptors (Lipinski definition) is 6. The molecule has 2 aromatic rings. The highest BCUT2D eigenvalue weighted by Crippen LogP contribution is 2.56. The normalized spacial score (nSPS) is 25.5. The number of ketones is 1. The molecule has 2 aliphatic carbocycles. The molecular formula is C26H25N3O6. The van der Waals surface area contributed by atoms with Crippen LogP contribution in [0, 0.1) is 40.7 Å². The average Bonchev–Trinajstić information content (AvgIpc) is 3.54. The van der Waals surface area contributed by atoms with E-state index in [1.807, 2.05) is 6.92 Å². The van der Waals surface area contributed by atoms with Gasteiger partial charge in [0.05, 0.1) is 16.8 Å². The maximum Gasteiger partial charge on any atom is 0.273 e. The molecule has 3 amide bonds. The van der Waals surface area contributed by atoms with Gasteiger partial charge in [0.25, 0.3) is 23.4 Å². The second-order valence-electron chi connectivity index (χ2n) is 9.73. The standard InChI is InChI=1S/C26H25N3O6/c1-14-3-5-16(6-4-14)23(30)15(2)27(24(31)17-9-11-20(12-10-17)29(34)35)28-25(32)21-18-7-8-19(13-18)22(21)26(28)33/h3-6,9-12,15,18-19,21-22H,7-8,13H2,1-2H3/t15-,18-,19-,21+,22+/m0/s1. The Morgan fingerprint density at radius 2 is 1.46 bits per heavy atom. The Hall–Kier alpha value is -3.88. The molecule has 9 nitrogen and oxygen atoms in total. The molecule has 2 aromatic carbocycles. The van der Waals surface area contributed by atoms with Crippen LogP contribution in [0.1, 0.15) is 52.5 Å². The lowest BCUT2D eigenvalue weighted by atomic mass is 9.81. The van der Waals surface area contributed by atoms with Gasteiger partial charge in [0.1, 0.15) is 6.04 Å². The van der Waals surface area contributed by atoms with Gasteiger partial charge in [-0.05, 0) is 57.1 Å². The molecule has 0 unspecified atom stereocenters. The zero-order chi connectivity index (χ0) is 25.0. The molecule has 1 saturated heterocycles. The molecule has 3 fully saturated rings. The van der Waals surface area contributed by atoms with Gasteiger partial charge in [0.15, 0.2) is 5.78 Å². The number of fused-ring (bicyclic) bond motifs is 5. The van der Waals surface area contributed by atoms with Crippen LogP contribution in [0.3, 0.4) is 0 Å². The van der Waals surface area contributed by atoms with E-state index in [1.54, 1.807) is 24.3 Å². The zero-order valence-electron chi connectivity index (χ0n) is 19.4. The highest BCUT2D eigenvalue weighted by molar-refractivity contribution is 6.10. The molecule has 180 valence electrons. The van der Waals surface area contributed by atoms with Gasteiger partial charge in [-0.1, -0.05) is 29.8 Å². The first-order valence-corrected chi connectivity index (χ1v) is 11.8. The summed E-state index contributed by atoms with van der Waals surface area (Å²) in [5, 5.41) is 12.9. The van der Waals surface area contributed by atoms with Crippen LogP contribution < -0.4 is 0 Å². The monoisotopic (exact) mass is 475 g/mol. The summed E-state index contributed by atoms with van der Waals surface area (Å²) in [4.78, 5) is 64.6. The van der Waals surface area contributed by atoms with E-state index in [9.17, 15) is 29.3 Å². The van der Waals surface area contributed by atoms with Crippen LogP contribution in [0.5, 0.6) is 0 Å². The molecule has 0 radical (unpaired) electrons. The molecule has 9 heteroatoms. The Bertz CT molecular complexity index is 1210. The van der Waals surface area contributed by atoms with Crippen molar-refractivity contribution in [3.8, 4) is 0 Å². The number of imide groups is 1. The number of amides is 3. The number of nitro groups is 1. The van der Waals surface area contributed by atoms with Crippen LogP contribution in [0.4, 0.5) is 5.69 Å². The van der Waals surface area contributed by atoms with Gasteiger partial charge in [0, 0.05) is 23.3 Å². The summed E-state index contributed by atoms with van der Waals surface area (Å²) < 4.78 is 0. The van der Waals surface area contributed by atoms with E-state index >= 15 is 0 Å². The molecule has 5 atom stereocenters. The summed E-state index contributed by atoms with van der Waals surface area (Å²) in [6, 6.07) is 10.6. The molecule has 2 bridgehead atoms. The van der Waals surface area contributed by atoms with Crippen molar-refractivity contribution in [2.24, 2.45) is 23.7 Å². The number of nitro benzene ring substituents is 1. The lowest BCUT2D eigenvalue weighted by Gasteiger charge is -2.35. The first-order chi connectivity index (χ1) is 16.7. The van der Waals surface area contributed by atoms with Gasteiger partial charge >= 0.3 is 0 Å². The fraction of sp³-hybridized carbons (Fsp3) is 0.385. The topological polar surface area (TPSA) is 118 Å². The Kier molecular flexibility index (Phi) is 5.50. The van der Waals surface area contributed by atoms with Gasteiger partial charge in [0.2, 0.25) is 0 Å². The van der Waals surface area contributed by atoms with Crippen molar-refractivity contribution in [1.82, 2.24) is 10.0 Å². The lowest BCUT2D eigenvalue weighted by Crippen LogP contribution is -2.56. The second kappa shape index (κ2) is 8.41. The van der Waals surface area contributed by atoms with E-state index in [1.165, 1.54) is 31.2 Å². The first kappa shape index (κ1) is 22.9. The Morgan fingerprint density at radius 3 is 1.97 bits per heavy atom. The van der Waals surface area contributed by atoms with E-state index in [4.69, 9.17) is 0 Å². The number of nitrogens with zero attached hydrogens (tertiary/aromatic N) is 3. The summed E-state index contributed by atoms with van der Waals surface area (Å²) in [6.45, 7) is 3.38. The number of hydrazine groups is 1. The van der Waals surface area contributed by atoms with Crippen molar-refractivity contribution in [2.75, 3.05) is 0 Å². The van der Waals surface area contributed by atoms with Crippen molar-refractivity contribution in [3.05, 3.63) is 75.3 Å². The highest BCUT2D eigenvalue weighted by atomic mass is 16.6. The predicted molar refractivity (Wildman–Crippen MR) is 124 cm³/mol. The van der Waals surface area contributed by atoms with Gasteiger partial charge < -0.3 is 0 Å². The fourth-order valence-electron chi connectivity index (χ4n) is 5.97. The number of aryl methyl sites for hydroxylation is 1. The Labute approximate surface area is 201 Å². The molecule has 35 heavy (non-hydrogen) atoms. The molecule has 0 N–H and O–H groups in total. The number of rotatable bonds is 6. The summed E-state index contributed by atoms with van der Waals surface area (Å²) in [7, 11) is 0. The number of carbonyl (C=O) groups excluding carboxylic acids is 4. The maximum absolute atomic E-state index is 13.7. The molecule has 0 aromatic heterocycles. The Morgan fingerprint density at radius 1 is 0.943 bits per heavy atom. The number of hydrogen-bond donors (Lipinski definition) is 0. The van der Waals surface area contributed by atoms with Crippen molar-refractivity contribution < 1.29 is 24.1 Å². The van der Waals surface area contributed by atoms with Crippen molar-refractivity contribution in [2.45, 2.75) is 39.2 Å². The van der Waals surface area contributed by atoms with Crippen molar-refractivity contribution in [1.29, 1.82) is 0 Å². The van der Waals surface area contributed by atoms with Crippen LogP contribution >= 0.6 is 0 Å². The Balaban J connectivity index is 1.53. The van der Waals surface area contributed by atoms with Gasteiger partial charge in [-0.3, -0.25) is 29.3 Å². The zero-order valence-corrected chi connectivity index (χ0v) is 19.4. The van der Waals surface area contributed by atoms with Gasteiger partial charge in [-0.25, -0.2) is 5.01 Å². The van der Waals surface area contributed by atoms with Gasteiger partial charge in [-0.15, -0.1) is 0 Å². The summed E-state index contributed by atoms with van der Waals surface area (Å²) in [5.74, 6) is -2.72. The summed E-state index contributed by atoms with van der Waals surface area (Å²) in [5.41, 5.74) is 1.15. The number of Topliss-reactive ketones (excluding diaryl/α,β-unsaturated/α-hetero) is 1. The molecule has 1 heterocycles. The minimum absolute atomic E-state index is 0.0415. The van der Waals surface area contributed by atoms with Gasteiger partial charge in [-0.2, -0.15) is 5.01 Å². The molecule has 2 saturated carbocycles. The van der Waals surface area contributed by atoms with Crippen LogP contribution in [0.15, 0.2) is 48.5 Å². The average molecular weight is 476 g/mol. The van der Waals surface area contributed by atoms with E-state index < -0.39 is 46.3 Å². The predicted octanol–water partition coefficient (Wildman–Crippen LogP) is 3.56. The lowest BCUT2D eigenvalue weighted by molar-refractivity contribution is -0.384. The minimum atomic E-state index is -1.15. The van der Waals surface area contributed by atoms with Crippen LogP contribution in [-0.2, 0) is 9.59 Å². The number of carbonyl (C=O) groups is 4. The third kappa shape index (κ3) is 3.62. The van der Waals surface area contributed by atoms with E-state index in [-0.39, 0.29) is 23.1 Å². The van der Waals surface area contributed by atoms with Crippen molar-refractivity contribution >= 4 is 29.2 Å². The fourth-order valence-corrected chi connectivity index (χ4v) is 5.97. The molecule has 5 rings (SSSR count). The van der Waals surface area contributed by atoms with Crippen molar-refractivity contribution in [3.63, 3.8) is 0 Å². The largest absolute Gasteiger partial charge is 0.292 e.